The highest BCUT2D eigenvalue weighted by atomic mass is 32.1. The zero-order chi connectivity index (χ0) is 23.8. The van der Waals surface area contributed by atoms with Gasteiger partial charge in [-0.15, -0.1) is 0 Å². The number of aromatic hydroxyl groups is 1. The van der Waals surface area contributed by atoms with Gasteiger partial charge in [0.25, 0.3) is 0 Å². The van der Waals surface area contributed by atoms with Crippen molar-refractivity contribution in [2.75, 3.05) is 18.9 Å². The lowest BCUT2D eigenvalue weighted by Crippen LogP contribution is -2.58. The summed E-state index contributed by atoms with van der Waals surface area (Å²) >= 11 is 4.07. The Morgan fingerprint density at radius 2 is 1.75 bits per heavy atom. The van der Waals surface area contributed by atoms with E-state index in [2.05, 4.69) is 23.3 Å². The van der Waals surface area contributed by atoms with Gasteiger partial charge in [0.15, 0.2) is 0 Å². The molecule has 4 atom stereocenters. The summed E-state index contributed by atoms with van der Waals surface area (Å²) in [5.74, 6) is -3.25. The molecule has 0 radical (unpaired) electrons. The van der Waals surface area contributed by atoms with Crippen molar-refractivity contribution in [2.45, 2.75) is 43.4 Å². The molecule has 1 aromatic rings. The number of carbonyl (C=O) groups excluding carboxylic acids is 3. The third-order valence-corrected chi connectivity index (χ3v) is 5.53. The first kappa shape index (κ1) is 25.4. The first-order valence-electron chi connectivity index (χ1n) is 10.1. The minimum atomic E-state index is -1.36. The molecular weight excluding hydrogens is 440 g/mol. The van der Waals surface area contributed by atoms with E-state index in [1.165, 1.54) is 17.0 Å². The molecule has 32 heavy (non-hydrogen) atoms. The van der Waals surface area contributed by atoms with Crippen molar-refractivity contribution in [3.05, 3.63) is 29.8 Å². The van der Waals surface area contributed by atoms with E-state index in [0.717, 1.165) is 0 Å². The maximum absolute atomic E-state index is 12.7. The van der Waals surface area contributed by atoms with Crippen molar-refractivity contribution in [3.8, 4) is 5.75 Å². The molecule has 1 aliphatic heterocycles. The van der Waals surface area contributed by atoms with Crippen LogP contribution >= 0.6 is 12.6 Å². The summed E-state index contributed by atoms with van der Waals surface area (Å²) in [5.41, 5.74) is 6.57. The number of carboxylic acids is 1. The van der Waals surface area contributed by atoms with Gasteiger partial charge in [-0.1, -0.05) is 12.1 Å². The lowest BCUT2D eigenvalue weighted by Gasteiger charge is -2.27. The number of phenolic OH excluding ortho intramolecular Hbond substituents is 1. The number of carboxylic acid groups (broad SMARTS) is 1. The van der Waals surface area contributed by atoms with Gasteiger partial charge >= 0.3 is 5.97 Å². The van der Waals surface area contributed by atoms with Crippen LogP contribution < -0.4 is 16.4 Å². The molecule has 1 aromatic carbocycles. The molecule has 0 spiro atoms. The summed E-state index contributed by atoms with van der Waals surface area (Å²) in [4.78, 5) is 50.2. The smallest absolute Gasteiger partial charge is 0.326 e. The monoisotopic (exact) mass is 468 g/mol. The first-order chi connectivity index (χ1) is 15.2. The summed E-state index contributed by atoms with van der Waals surface area (Å²) in [6.07, 6.45) is 0.988. The van der Waals surface area contributed by atoms with Gasteiger partial charge in [-0.05, 0) is 37.0 Å². The lowest BCUT2D eigenvalue weighted by atomic mass is 10.1. The molecule has 7 N–H and O–H groups in total. The fourth-order valence-electron chi connectivity index (χ4n) is 3.40. The Balaban J connectivity index is 1.96. The van der Waals surface area contributed by atoms with Crippen LogP contribution in [-0.2, 0) is 25.6 Å². The third-order valence-electron chi connectivity index (χ3n) is 5.16. The van der Waals surface area contributed by atoms with E-state index < -0.39 is 54.5 Å². The molecule has 1 fully saturated rings. The van der Waals surface area contributed by atoms with Crippen molar-refractivity contribution in [2.24, 2.45) is 5.73 Å². The van der Waals surface area contributed by atoms with Crippen LogP contribution in [0.2, 0.25) is 0 Å². The van der Waals surface area contributed by atoms with Gasteiger partial charge < -0.3 is 36.6 Å². The second-order valence-corrected chi connectivity index (χ2v) is 7.86. The van der Waals surface area contributed by atoms with Crippen LogP contribution in [0.1, 0.15) is 18.4 Å². The van der Waals surface area contributed by atoms with Crippen molar-refractivity contribution >= 4 is 36.3 Å². The number of benzene rings is 1. The van der Waals surface area contributed by atoms with E-state index in [-0.39, 0.29) is 24.5 Å². The minimum Gasteiger partial charge on any atom is -0.508 e. The number of nitrogens with two attached hydrogens (primary N) is 1. The predicted molar refractivity (Wildman–Crippen MR) is 117 cm³/mol. The van der Waals surface area contributed by atoms with Crippen LogP contribution in [0.3, 0.4) is 0 Å². The SMILES string of the molecule is NC(Cc1ccc(O)cc1)C(=O)NC(CO)C(=O)NC(CS)C(=O)N1CCCC1C(=O)O. The van der Waals surface area contributed by atoms with E-state index in [4.69, 9.17) is 5.73 Å². The van der Waals surface area contributed by atoms with Crippen molar-refractivity contribution < 1.29 is 34.5 Å². The zero-order valence-corrected chi connectivity index (χ0v) is 18.2. The highest BCUT2D eigenvalue weighted by Crippen LogP contribution is 2.19. The van der Waals surface area contributed by atoms with Crippen molar-refractivity contribution in [1.82, 2.24) is 15.5 Å². The number of aliphatic carboxylic acids is 1. The minimum absolute atomic E-state index is 0.0701. The molecule has 1 aliphatic rings. The van der Waals surface area contributed by atoms with Gasteiger partial charge in [0.05, 0.1) is 12.6 Å². The quantitative estimate of drug-likeness (QED) is 0.197. The second kappa shape index (κ2) is 11.7. The Bertz CT molecular complexity index is 836. The van der Waals surface area contributed by atoms with Gasteiger partial charge in [0.1, 0.15) is 23.9 Å². The van der Waals surface area contributed by atoms with Gasteiger partial charge in [-0.3, -0.25) is 14.4 Å². The van der Waals surface area contributed by atoms with E-state index in [9.17, 15) is 34.5 Å². The number of nitrogens with zero attached hydrogens (tertiary/aromatic N) is 1. The van der Waals surface area contributed by atoms with Crippen molar-refractivity contribution in [1.29, 1.82) is 0 Å². The molecule has 11 nitrogen and oxygen atoms in total. The third kappa shape index (κ3) is 6.58. The number of phenols is 1. The average molecular weight is 469 g/mol. The van der Waals surface area contributed by atoms with Crippen LogP contribution in [0.5, 0.6) is 5.75 Å². The van der Waals surface area contributed by atoms with E-state index in [1.54, 1.807) is 12.1 Å². The van der Waals surface area contributed by atoms with Gasteiger partial charge in [0.2, 0.25) is 17.7 Å². The summed E-state index contributed by atoms with van der Waals surface area (Å²) in [7, 11) is 0. The molecule has 4 unspecified atom stereocenters. The number of carbonyl (C=O) groups is 4. The topological polar surface area (TPSA) is 182 Å². The molecule has 0 saturated carbocycles. The number of aliphatic hydroxyl groups excluding tert-OH is 1. The Morgan fingerprint density at radius 1 is 1.12 bits per heavy atom. The number of nitrogens with one attached hydrogen (secondary N) is 2. The maximum Gasteiger partial charge on any atom is 0.326 e. The number of hydrogen-bond acceptors (Lipinski definition) is 8. The maximum atomic E-state index is 12.7. The van der Waals surface area contributed by atoms with Gasteiger partial charge in [-0.25, -0.2) is 4.79 Å². The molecule has 1 heterocycles. The number of aliphatic hydroxyl groups is 1. The Kier molecular flexibility index (Phi) is 9.29. The highest BCUT2D eigenvalue weighted by Gasteiger charge is 2.38. The Morgan fingerprint density at radius 3 is 2.31 bits per heavy atom. The molecule has 2 rings (SSSR count). The van der Waals surface area contributed by atoms with E-state index in [0.29, 0.717) is 18.4 Å². The van der Waals surface area contributed by atoms with Crippen LogP contribution in [0.25, 0.3) is 0 Å². The Hall–Kier alpha value is -2.83. The fraction of sp³-hybridized carbons (Fsp3) is 0.500. The normalized spacial score (nSPS) is 18.5. The summed E-state index contributed by atoms with van der Waals surface area (Å²) < 4.78 is 0. The summed E-state index contributed by atoms with van der Waals surface area (Å²) in [5, 5.41) is 32.9. The molecule has 0 bridgehead atoms. The van der Waals surface area contributed by atoms with Crippen LogP contribution in [0.4, 0.5) is 0 Å². The van der Waals surface area contributed by atoms with Crippen LogP contribution in [0, 0.1) is 0 Å². The Labute approximate surface area is 190 Å². The average Bonchev–Trinajstić information content (AvgIpc) is 3.26. The van der Waals surface area contributed by atoms with E-state index >= 15 is 0 Å². The summed E-state index contributed by atoms with van der Waals surface area (Å²) in [6, 6.07) is 1.63. The molecule has 3 amide bonds. The van der Waals surface area contributed by atoms with Gasteiger partial charge in [-0.2, -0.15) is 12.6 Å². The second-order valence-electron chi connectivity index (χ2n) is 7.49. The number of thiol groups is 1. The standard InChI is InChI=1S/C20H28N4O7S/c21-13(8-11-3-5-12(26)6-4-11)17(27)22-14(9-25)18(28)23-15(10-32)19(29)24-7-1-2-16(24)20(30)31/h3-6,13-16,25-26,32H,1-2,7-10,21H2,(H,22,27)(H,23,28)(H,30,31). The number of rotatable bonds is 10. The van der Waals surface area contributed by atoms with E-state index in [1.807, 2.05) is 0 Å². The molecular formula is C20H28N4O7S. The highest BCUT2D eigenvalue weighted by molar-refractivity contribution is 7.80. The largest absolute Gasteiger partial charge is 0.508 e. The molecule has 0 aliphatic carbocycles. The number of amides is 3. The predicted octanol–water partition coefficient (Wildman–Crippen LogP) is -1.77. The van der Waals surface area contributed by atoms with Crippen molar-refractivity contribution in [3.63, 3.8) is 0 Å². The molecule has 1 saturated heterocycles. The summed E-state index contributed by atoms with van der Waals surface area (Å²) in [6.45, 7) is -0.485. The van der Waals surface area contributed by atoms with Crippen LogP contribution in [0.15, 0.2) is 24.3 Å². The molecule has 0 aromatic heterocycles. The number of likely N-dealkylation sites (tertiary alicyclic amines) is 1. The van der Waals surface area contributed by atoms with Gasteiger partial charge in [0, 0.05) is 12.3 Å². The zero-order valence-electron chi connectivity index (χ0n) is 17.3. The van der Waals surface area contributed by atoms with Crippen LogP contribution in [-0.4, -0.2) is 87.0 Å². The molecule has 176 valence electrons. The molecule has 12 heteroatoms. The lowest BCUT2D eigenvalue weighted by molar-refractivity contribution is -0.149. The first-order valence-corrected chi connectivity index (χ1v) is 10.7. The number of hydrogen-bond donors (Lipinski definition) is 7. The fourth-order valence-corrected chi connectivity index (χ4v) is 3.64.